The van der Waals surface area contributed by atoms with Crippen molar-refractivity contribution in [1.29, 1.82) is 0 Å². The third-order valence-corrected chi connectivity index (χ3v) is 7.23. The third-order valence-electron chi connectivity index (χ3n) is 5.72. The number of carbonyl (C=O) groups is 1. The summed E-state index contributed by atoms with van der Waals surface area (Å²) in [6, 6.07) is 0.193. The summed E-state index contributed by atoms with van der Waals surface area (Å²) in [5.74, 6) is 0.172. The first kappa shape index (κ1) is 16.7. The minimum absolute atomic E-state index is 0.0101. The second kappa shape index (κ2) is 7.15. The zero-order chi connectivity index (χ0) is 15.7. The van der Waals surface area contributed by atoms with Crippen molar-refractivity contribution >= 4 is 17.5 Å². The van der Waals surface area contributed by atoms with Crippen molar-refractivity contribution in [3.05, 3.63) is 5.21 Å². The molecule has 2 saturated carbocycles. The Kier molecular flexibility index (Phi) is 5.42. The first-order valence-electron chi connectivity index (χ1n) is 8.58. The molecule has 0 radical (unpaired) electrons. The molecule has 1 aliphatic heterocycles. The van der Waals surface area contributed by atoms with Crippen molar-refractivity contribution in [2.24, 2.45) is 11.7 Å². The van der Waals surface area contributed by atoms with E-state index in [1.807, 2.05) is 11.8 Å². The maximum absolute atomic E-state index is 12.7. The van der Waals surface area contributed by atoms with Crippen LogP contribution in [0, 0.1) is 11.1 Å². The standard InChI is InChI=1S/C15H27N3O3S/c16-15-17(12-6-1-2-7-14(12)22-15)9-13(19)10-4-3-5-11(8-10)18(20)21/h10-12,14-15,18,20H,1-9,16H2/p+1. The molecule has 1 saturated heterocycles. The number of fused-ring (bicyclic) bond motifs is 1. The first-order chi connectivity index (χ1) is 10.6. The smallest absolute Gasteiger partial charge is 0.190 e. The van der Waals surface area contributed by atoms with Crippen LogP contribution in [0.2, 0.25) is 0 Å². The molecule has 126 valence electrons. The average molecular weight is 330 g/mol. The minimum atomic E-state index is -0.745. The van der Waals surface area contributed by atoms with E-state index >= 15 is 0 Å². The van der Waals surface area contributed by atoms with Gasteiger partial charge in [0.1, 0.15) is 18.6 Å². The molecule has 0 amide bonds. The lowest BCUT2D eigenvalue weighted by Gasteiger charge is -2.33. The quantitative estimate of drug-likeness (QED) is 0.500. The summed E-state index contributed by atoms with van der Waals surface area (Å²) in [4.78, 5) is 13.9. The van der Waals surface area contributed by atoms with Gasteiger partial charge in [-0.2, -0.15) is 0 Å². The molecule has 0 aromatic carbocycles. The summed E-state index contributed by atoms with van der Waals surface area (Å²) in [7, 11) is 0. The van der Waals surface area contributed by atoms with Crippen LogP contribution >= 0.6 is 11.8 Å². The molecule has 0 bridgehead atoms. The van der Waals surface area contributed by atoms with Gasteiger partial charge < -0.3 is 10.1 Å². The van der Waals surface area contributed by atoms with Crippen LogP contribution in [0.15, 0.2) is 0 Å². The molecule has 1 heterocycles. The molecule has 7 atom stereocenters. The Balaban J connectivity index is 1.59. The van der Waals surface area contributed by atoms with Crippen molar-refractivity contribution in [3.8, 4) is 0 Å². The summed E-state index contributed by atoms with van der Waals surface area (Å²) in [5, 5.41) is 20.2. The summed E-state index contributed by atoms with van der Waals surface area (Å²) >= 11 is 1.85. The van der Waals surface area contributed by atoms with Gasteiger partial charge in [-0.15, -0.1) is 0 Å². The Hall–Kier alpha value is -0.180. The highest BCUT2D eigenvalue weighted by Crippen LogP contribution is 2.32. The van der Waals surface area contributed by atoms with Crippen LogP contribution < -0.4 is 15.9 Å². The van der Waals surface area contributed by atoms with Crippen molar-refractivity contribution < 1.29 is 20.1 Å². The lowest BCUT2D eigenvalue weighted by Crippen LogP contribution is -3.19. The van der Waals surface area contributed by atoms with Crippen LogP contribution in [0.25, 0.3) is 0 Å². The molecule has 7 heteroatoms. The van der Waals surface area contributed by atoms with Crippen LogP contribution in [-0.2, 0) is 4.79 Å². The largest absolute Gasteiger partial charge is 0.600 e. The van der Waals surface area contributed by atoms with Gasteiger partial charge in [0.25, 0.3) is 0 Å². The summed E-state index contributed by atoms with van der Waals surface area (Å²) < 4.78 is 0. The lowest BCUT2D eigenvalue weighted by atomic mass is 9.83. The normalized spacial score (nSPS) is 43.6. The molecular weight excluding hydrogens is 302 g/mol. The SMILES string of the molecule is NC1SC2CCCCC2[NH+]1CC(=O)C1CCCC([NH+]([O-])O)C1. The highest BCUT2D eigenvalue weighted by molar-refractivity contribution is 8.00. The lowest BCUT2D eigenvalue weighted by molar-refractivity contribution is -1.07. The van der Waals surface area contributed by atoms with E-state index in [9.17, 15) is 15.2 Å². The highest BCUT2D eigenvalue weighted by atomic mass is 32.2. The molecule has 5 N–H and O–H groups in total. The maximum Gasteiger partial charge on any atom is 0.190 e. The van der Waals surface area contributed by atoms with Crippen LogP contribution in [0.1, 0.15) is 51.4 Å². The van der Waals surface area contributed by atoms with Gasteiger partial charge in [-0.05, 0) is 25.7 Å². The van der Waals surface area contributed by atoms with Crippen molar-refractivity contribution in [2.45, 2.75) is 74.2 Å². The Bertz CT molecular complexity index is 409. The van der Waals surface area contributed by atoms with Gasteiger partial charge in [-0.3, -0.25) is 10.5 Å². The van der Waals surface area contributed by atoms with E-state index in [2.05, 4.69) is 0 Å². The number of nitrogens with one attached hydrogen (secondary N) is 2. The van der Waals surface area contributed by atoms with Crippen LogP contribution in [0.4, 0.5) is 0 Å². The molecular formula is C15H28N3O3S+. The van der Waals surface area contributed by atoms with E-state index in [1.165, 1.54) is 30.6 Å². The number of thioether (sulfide) groups is 1. The van der Waals surface area contributed by atoms with Crippen LogP contribution in [0.5, 0.6) is 0 Å². The average Bonchev–Trinajstić information content (AvgIpc) is 2.83. The zero-order valence-electron chi connectivity index (χ0n) is 13.0. The number of ketones is 1. The Labute approximate surface area is 135 Å². The molecule has 3 fully saturated rings. The Morgan fingerprint density at radius 1 is 1.27 bits per heavy atom. The van der Waals surface area contributed by atoms with Crippen LogP contribution in [-0.4, -0.2) is 40.4 Å². The van der Waals surface area contributed by atoms with Crippen LogP contribution in [0.3, 0.4) is 0 Å². The predicted molar refractivity (Wildman–Crippen MR) is 84.3 cm³/mol. The number of Topliss-reactive ketones (excluding diaryl/α,β-unsaturated/α-hetero) is 1. The van der Waals surface area contributed by atoms with Gasteiger partial charge in [0.15, 0.2) is 11.3 Å². The molecule has 0 spiro atoms. The van der Waals surface area contributed by atoms with E-state index in [4.69, 9.17) is 5.73 Å². The topological polar surface area (TPSA) is 95.3 Å². The monoisotopic (exact) mass is 330 g/mol. The second-order valence-corrected chi connectivity index (χ2v) is 8.49. The van der Waals surface area contributed by atoms with Crippen molar-refractivity contribution in [1.82, 2.24) is 0 Å². The molecule has 3 aliphatic rings. The van der Waals surface area contributed by atoms with Crippen molar-refractivity contribution in [3.63, 3.8) is 0 Å². The molecule has 22 heavy (non-hydrogen) atoms. The van der Waals surface area contributed by atoms with Gasteiger partial charge in [0, 0.05) is 25.2 Å². The fraction of sp³-hybridized carbons (Fsp3) is 0.933. The number of quaternary nitrogens is 2. The fourth-order valence-electron chi connectivity index (χ4n) is 4.45. The van der Waals surface area contributed by atoms with E-state index in [0.717, 1.165) is 19.3 Å². The molecule has 2 aliphatic carbocycles. The molecule has 7 unspecified atom stereocenters. The number of hydroxylamine groups is 2. The number of hydrogen-bond acceptors (Lipinski definition) is 5. The summed E-state index contributed by atoms with van der Waals surface area (Å²) in [6.45, 7) is 0.492. The first-order valence-corrected chi connectivity index (χ1v) is 9.52. The Morgan fingerprint density at radius 3 is 2.82 bits per heavy atom. The molecule has 0 aromatic heterocycles. The van der Waals surface area contributed by atoms with E-state index in [-0.39, 0.29) is 23.2 Å². The van der Waals surface area contributed by atoms with Crippen molar-refractivity contribution in [2.75, 3.05) is 6.54 Å². The minimum Gasteiger partial charge on any atom is -0.600 e. The Morgan fingerprint density at radius 2 is 2.05 bits per heavy atom. The van der Waals surface area contributed by atoms with Gasteiger partial charge >= 0.3 is 0 Å². The summed E-state index contributed by atoms with van der Waals surface area (Å²) in [5.41, 5.74) is 6.28. The van der Waals surface area contributed by atoms with Gasteiger partial charge in [0.05, 0.1) is 5.25 Å². The number of nitrogens with two attached hydrogens (primary N) is 1. The molecule has 0 aromatic rings. The van der Waals surface area contributed by atoms with Gasteiger partial charge in [-0.1, -0.05) is 18.2 Å². The number of rotatable bonds is 4. The maximum atomic E-state index is 12.7. The molecule has 6 nitrogen and oxygen atoms in total. The fourth-order valence-corrected chi connectivity index (χ4v) is 6.07. The van der Waals surface area contributed by atoms with E-state index in [1.54, 1.807) is 0 Å². The highest BCUT2D eigenvalue weighted by Gasteiger charge is 2.46. The number of hydrogen-bond donors (Lipinski definition) is 4. The van der Waals surface area contributed by atoms with Gasteiger partial charge in [-0.25, -0.2) is 10.4 Å². The zero-order valence-corrected chi connectivity index (χ0v) is 13.8. The third kappa shape index (κ3) is 3.49. The van der Waals surface area contributed by atoms with E-state index in [0.29, 0.717) is 24.3 Å². The van der Waals surface area contributed by atoms with E-state index < -0.39 is 5.23 Å². The molecule has 3 rings (SSSR count). The number of carbonyl (C=O) groups excluding carboxylic acids is 1. The summed E-state index contributed by atoms with van der Waals surface area (Å²) in [6.07, 6.45) is 7.89. The second-order valence-electron chi connectivity index (χ2n) is 7.10. The predicted octanol–water partition coefficient (Wildman–Crippen LogP) is -0.929. The van der Waals surface area contributed by atoms with Gasteiger partial charge in [0.2, 0.25) is 0 Å².